The smallest absolute Gasteiger partial charge is 0.406 e. The van der Waals surface area contributed by atoms with Crippen LogP contribution >= 0.6 is 46.1 Å². The molecule has 0 bridgehead atoms. The summed E-state index contributed by atoms with van der Waals surface area (Å²) < 4.78 is 98.0. The molecular formula is C23H14Cl3F3N2O5S3. The van der Waals surface area contributed by atoms with Gasteiger partial charge in [0.15, 0.2) is 0 Å². The third-order valence-electron chi connectivity index (χ3n) is 4.95. The van der Waals surface area contributed by atoms with Gasteiger partial charge in [0, 0.05) is 5.56 Å². The largest absolute Gasteiger partial charge is 0.573 e. The number of hydrogen-bond donors (Lipinski definition) is 2. The topological polar surface area (TPSA) is 102 Å². The number of rotatable bonds is 8. The highest BCUT2D eigenvalue weighted by atomic mass is 35.5. The Morgan fingerprint density at radius 2 is 1.44 bits per heavy atom. The summed E-state index contributed by atoms with van der Waals surface area (Å²) >= 11 is 19.1. The molecule has 0 saturated heterocycles. The zero-order valence-corrected chi connectivity index (χ0v) is 23.7. The molecule has 16 heteroatoms. The van der Waals surface area contributed by atoms with Crippen molar-refractivity contribution >= 4 is 77.6 Å². The molecule has 4 aromatic rings. The van der Waals surface area contributed by atoms with E-state index >= 15 is 0 Å². The summed E-state index contributed by atoms with van der Waals surface area (Å²) in [5.41, 5.74) is 0.460. The minimum atomic E-state index is -4.96. The number of halogens is 6. The van der Waals surface area contributed by atoms with Crippen LogP contribution in [0.25, 0.3) is 11.1 Å². The fourth-order valence-corrected chi connectivity index (χ4v) is 7.32. The first-order chi connectivity index (χ1) is 18.1. The van der Waals surface area contributed by atoms with Crippen LogP contribution in [0.2, 0.25) is 14.4 Å². The van der Waals surface area contributed by atoms with Crippen LogP contribution in [0, 0.1) is 0 Å². The molecule has 0 unspecified atom stereocenters. The minimum Gasteiger partial charge on any atom is -0.406 e. The Morgan fingerprint density at radius 1 is 0.769 bits per heavy atom. The molecule has 39 heavy (non-hydrogen) atoms. The summed E-state index contributed by atoms with van der Waals surface area (Å²) in [5.74, 6) is -0.623. The van der Waals surface area contributed by atoms with Crippen LogP contribution in [0.3, 0.4) is 0 Å². The lowest BCUT2D eigenvalue weighted by atomic mass is 10.0. The minimum absolute atomic E-state index is 0.122. The average molecular weight is 658 g/mol. The van der Waals surface area contributed by atoms with Crippen molar-refractivity contribution < 1.29 is 34.7 Å². The van der Waals surface area contributed by atoms with E-state index < -0.39 is 37.1 Å². The SMILES string of the molecule is O=S(=O)(Nc1cc(-c2cccc(Cl)c2Cl)ccc1NS(=O)(=O)c1ccc(Cl)s1)c1ccc(OC(F)(F)F)cc1. The normalized spacial score (nSPS) is 12.3. The zero-order chi connectivity index (χ0) is 28.6. The number of alkyl halides is 3. The Hall–Kier alpha value is -2.68. The van der Waals surface area contributed by atoms with Crippen molar-refractivity contribution in [3.63, 3.8) is 0 Å². The predicted octanol–water partition coefficient (Wildman–Crippen LogP) is 7.88. The highest BCUT2D eigenvalue weighted by Crippen LogP contribution is 2.38. The van der Waals surface area contributed by atoms with Crippen molar-refractivity contribution in [3.05, 3.63) is 87.2 Å². The lowest BCUT2D eigenvalue weighted by Crippen LogP contribution is -2.18. The highest BCUT2D eigenvalue weighted by molar-refractivity contribution is 7.94. The number of anilines is 2. The Morgan fingerprint density at radius 3 is 2.05 bits per heavy atom. The van der Waals surface area contributed by atoms with Gasteiger partial charge in [-0.05, 0) is 60.2 Å². The first-order valence-corrected chi connectivity index (χ1v) is 15.3. The molecule has 0 aliphatic heterocycles. The second kappa shape index (κ2) is 11.1. The Bertz CT molecular complexity index is 1740. The van der Waals surface area contributed by atoms with Crippen molar-refractivity contribution in [1.82, 2.24) is 0 Å². The van der Waals surface area contributed by atoms with Crippen LogP contribution in [0.15, 0.2) is 81.9 Å². The molecule has 0 amide bonds. The highest BCUT2D eigenvalue weighted by Gasteiger charge is 2.31. The summed E-state index contributed by atoms with van der Waals surface area (Å²) in [5, 5.41) is 0.409. The molecule has 1 aromatic heterocycles. The third-order valence-corrected chi connectivity index (χ3v) is 10.2. The van der Waals surface area contributed by atoms with Gasteiger partial charge in [-0.15, -0.1) is 24.5 Å². The number of hydrogen-bond acceptors (Lipinski definition) is 6. The maximum absolute atomic E-state index is 13.1. The molecule has 3 aromatic carbocycles. The number of benzene rings is 3. The van der Waals surface area contributed by atoms with Crippen molar-refractivity contribution in [2.45, 2.75) is 15.5 Å². The van der Waals surface area contributed by atoms with Crippen molar-refractivity contribution in [2.75, 3.05) is 9.44 Å². The molecule has 2 N–H and O–H groups in total. The lowest BCUT2D eigenvalue weighted by molar-refractivity contribution is -0.274. The van der Waals surface area contributed by atoms with Crippen LogP contribution in [0.5, 0.6) is 5.75 Å². The summed E-state index contributed by atoms with van der Waals surface area (Å²) in [7, 11) is -8.60. The molecule has 4 rings (SSSR count). The second-order valence-corrected chi connectivity index (χ2v) is 13.7. The molecule has 0 fully saturated rings. The van der Waals surface area contributed by atoms with E-state index in [1.165, 1.54) is 30.3 Å². The third kappa shape index (κ3) is 7.10. The van der Waals surface area contributed by atoms with Crippen LogP contribution in [-0.2, 0) is 20.0 Å². The van der Waals surface area contributed by atoms with Gasteiger partial charge < -0.3 is 4.74 Å². The summed E-state index contributed by atoms with van der Waals surface area (Å²) in [6, 6.07) is 15.1. The van der Waals surface area contributed by atoms with E-state index in [9.17, 15) is 30.0 Å². The fraction of sp³-hybridized carbons (Fsp3) is 0.0435. The van der Waals surface area contributed by atoms with Crippen LogP contribution in [-0.4, -0.2) is 23.2 Å². The van der Waals surface area contributed by atoms with Gasteiger partial charge in [0.2, 0.25) is 0 Å². The molecule has 0 radical (unpaired) electrons. The summed E-state index contributed by atoms with van der Waals surface area (Å²) in [4.78, 5) is -0.415. The van der Waals surface area contributed by atoms with E-state index in [0.717, 1.165) is 35.6 Å². The molecule has 0 saturated carbocycles. The van der Waals surface area contributed by atoms with Gasteiger partial charge in [-0.3, -0.25) is 9.44 Å². The van der Waals surface area contributed by atoms with Gasteiger partial charge in [0.05, 0.1) is 30.7 Å². The number of thiophene rings is 1. The Labute approximate surface area is 240 Å². The van der Waals surface area contributed by atoms with Gasteiger partial charge in [0.25, 0.3) is 20.0 Å². The lowest BCUT2D eigenvalue weighted by Gasteiger charge is -2.17. The van der Waals surface area contributed by atoms with Crippen molar-refractivity contribution in [1.29, 1.82) is 0 Å². The van der Waals surface area contributed by atoms with E-state index in [1.54, 1.807) is 18.2 Å². The fourth-order valence-electron chi connectivity index (χ4n) is 3.27. The van der Waals surface area contributed by atoms with Gasteiger partial charge in [-0.25, -0.2) is 16.8 Å². The van der Waals surface area contributed by atoms with Crippen LogP contribution < -0.4 is 14.2 Å². The molecule has 206 valence electrons. The molecule has 1 heterocycles. The second-order valence-electron chi connectivity index (χ2n) is 7.65. The van der Waals surface area contributed by atoms with E-state index in [4.69, 9.17) is 34.8 Å². The first kappa shape index (κ1) is 29.3. The molecule has 7 nitrogen and oxygen atoms in total. The van der Waals surface area contributed by atoms with Crippen LogP contribution in [0.1, 0.15) is 0 Å². The maximum atomic E-state index is 13.1. The van der Waals surface area contributed by atoms with Crippen LogP contribution in [0.4, 0.5) is 24.5 Å². The monoisotopic (exact) mass is 656 g/mol. The van der Waals surface area contributed by atoms with Gasteiger partial charge in [-0.1, -0.05) is 53.0 Å². The van der Waals surface area contributed by atoms with Crippen molar-refractivity contribution in [3.8, 4) is 16.9 Å². The Kier molecular flexibility index (Phi) is 8.31. The molecule has 0 atom stereocenters. The number of nitrogens with one attached hydrogen (secondary N) is 2. The maximum Gasteiger partial charge on any atom is 0.573 e. The average Bonchev–Trinajstić information content (AvgIpc) is 3.28. The number of sulfonamides is 2. The molecular weight excluding hydrogens is 644 g/mol. The van der Waals surface area contributed by atoms with Gasteiger partial charge in [-0.2, -0.15) is 0 Å². The predicted molar refractivity (Wildman–Crippen MR) is 146 cm³/mol. The Balaban J connectivity index is 1.75. The first-order valence-electron chi connectivity index (χ1n) is 10.4. The standard InChI is InChI=1S/C23H14Cl3F3N2O5S3/c24-17-3-1-2-16(22(17)26)13-4-9-18(30-39(34,35)21-11-10-20(25)37-21)19(12-13)31-38(32,33)15-7-5-14(6-8-15)36-23(27,28)29/h1-12,30-31H. The van der Waals surface area contributed by atoms with Crippen molar-refractivity contribution in [2.24, 2.45) is 0 Å². The quantitative estimate of drug-likeness (QED) is 0.201. The van der Waals surface area contributed by atoms with E-state index in [2.05, 4.69) is 14.2 Å². The molecule has 0 aliphatic carbocycles. The van der Waals surface area contributed by atoms with Gasteiger partial charge >= 0.3 is 6.36 Å². The van der Waals surface area contributed by atoms with E-state index in [0.29, 0.717) is 11.1 Å². The number of ether oxygens (including phenoxy) is 1. The summed E-state index contributed by atoms with van der Waals surface area (Å²) in [6.07, 6.45) is -4.96. The van der Waals surface area contributed by atoms with Gasteiger partial charge in [0.1, 0.15) is 9.96 Å². The van der Waals surface area contributed by atoms with E-state index in [-0.39, 0.29) is 30.0 Å². The summed E-state index contributed by atoms with van der Waals surface area (Å²) in [6.45, 7) is 0. The van der Waals surface area contributed by atoms with E-state index in [1.807, 2.05) is 0 Å². The zero-order valence-electron chi connectivity index (χ0n) is 19.0. The molecule has 0 aliphatic rings. The molecule has 0 spiro atoms.